The van der Waals surface area contributed by atoms with Crippen LogP contribution in [-0.2, 0) is 28.6 Å². The van der Waals surface area contributed by atoms with Crippen LogP contribution in [0.5, 0.6) is 5.75 Å². The lowest BCUT2D eigenvalue weighted by Gasteiger charge is -2.65. The van der Waals surface area contributed by atoms with Crippen LogP contribution >= 0.6 is 0 Å². The van der Waals surface area contributed by atoms with E-state index in [4.69, 9.17) is 23.4 Å². The number of hydrogen-bond donors (Lipinski definition) is 0. The van der Waals surface area contributed by atoms with Crippen LogP contribution in [0.1, 0.15) is 71.2 Å². The smallest absolute Gasteiger partial charge is 0.351 e. The molecule has 0 saturated heterocycles. The van der Waals surface area contributed by atoms with Crippen molar-refractivity contribution >= 4 is 23.7 Å². The van der Waals surface area contributed by atoms with Crippen LogP contribution in [0, 0.1) is 22.7 Å². The van der Waals surface area contributed by atoms with Gasteiger partial charge in [-0.2, -0.15) is 0 Å². The van der Waals surface area contributed by atoms with E-state index in [1.807, 2.05) is 19.9 Å². The minimum atomic E-state index is -1.33. The first-order valence-corrected chi connectivity index (χ1v) is 14.2. The molecular formula is C32H36O10. The Morgan fingerprint density at radius 2 is 1.57 bits per heavy atom. The van der Waals surface area contributed by atoms with Gasteiger partial charge in [-0.3, -0.25) is 19.2 Å². The standard InChI is InChI=1S/C32H36O10/c1-17(33)38-16-31(5)23-15-25(40-19(3)35)32(6)28(30(23,4)13-12-24(31)39-18(2)34)27(36)26-22(42-32)14-21(41-29(26)37)20-10-8-7-9-11-20/h7-11,14,23-25,28H,12-13,15-16H2,1-6H3/t23-,24+,25+,28-,30+,31+,32-/m1/s1. The Labute approximate surface area is 243 Å². The average molecular weight is 581 g/mol. The van der Waals surface area contributed by atoms with Crippen LogP contribution in [0.15, 0.2) is 45.6 Å². The average Bonchev–Trinajstić information content (AvgIpc) is 2.90. The van der Waals surface area contributed by atoms with E-state index in [0.29, 0.717) is 18.4 Å². The van der Waals surface area contributed by atoms with Crippen molar-refractivity contribution in [3.63, 3.8) is 0 Å². The zero-order chi connectivity index (χ0) is 30.6. The van der Waals surface area contributed by atoms with Gasteiger partial charge in [-0.1, -0.05) is 44.2 Å². The van der Waals surface area contributed by atoms with Crippen molar-refractivity contribution in [2.45, 2.75) is 78.6 Å². The Balaban J connectivity index is 1.67. The van der Waals surface area contributed by atoms with Crippen LogP contribution < -0.4 is 10.4 Å². The summed E-state index contributed by atoms with van der Waals surface area (Å²) in [5, 5.41) is 0. The summed E-state index contributed by atoms with van der Waals surface area (Å²) >= 11 is 0. The first kappa shape index (κ1) is 29.5. The summed E-state index contributed by atoms with van der Waals surface area (Å²) in [6, 6.07) is 10.5. The maximum atomic E-state index is 14.5. The van der Waals surface area contributed by atoms with E-state index in [-0.39, 0.29) is 30.1 Å². The monoisotopic (exact) mass is 580 g/mol. The van der Waals surface area contributed by atoms with Gasteiger partial charge >= 0.3 is 23.5 Å². The predicted molar refractivity (Wildman–Crippen MR) is 149 cm³/mol. The Hall–Kier alpha value is -3.95. The molecule has 0 radical (unpaired) electrons. The number of benzene rings is 1. The van der Waals surface area contributed by atoms with Crippen molar-refractivity contribution < 1.29 is 42.5 Å². The number of fused-ring (bicyclic) bond motifs is 4. The van der Waals surface area contributed by atoms with Gasteiger partial charge in [0.2, 0.25) is 0 Å². The minimum Gasteiger partial charge on any atom is -0.482 e. The van der Waals surface area contributed by atoms with Crippen molar-refractivity contribution in [1.82, 2.24) is 0 Å². The van der Waals surface area contributed by atoms with E-state index in [0.717, 1.165) is 0 Å². The van der Waals surface area contributed by atoms with Gasteiger partial charge in [0.05, 0.1) is 5.92 Å². The van der Waals surface area contributed by atoms with Crippen molar-refractivity contribution in [2.75, 3.05) is 6.61 Å². The van der Waals surface area contributed by atoms with Crippen LogP contribution in [-0.4, -0.2) is 48.1 Å². The molecule has 2 fully saturated rings. The van der Waals surface area contributed by atoms with Gasteiger partial charge in [-0.05, 0) is 37.5 Å². The van der Waals surface area contributed by atoms with Gasteiger partial charge in [0.1, 0.15) is 35.9 Å². The van der Waals surface area contributed by atoms with Gasteiger partial charge in [0, 0.05) is 37.8 Å². The zero-order valence-electron chi connectivity index (χ0n) is 24.7. The summed E-state index contributed by atoms with van der Waals surface area (Å²) in [6.07, 6.45) is -0.461. The molecule has 2 aliphatic carbocycles. The normalized spacial score (nSPS) is 33.2. The highest BCUT2D eigenvalue weighted by Gasteiger charge is 2.71. The highest BCUT2D eigenvalue weighted by Crippen LogP contribution is 2.65. The van der Waals surface area contributed by atoms with E-state index in [2.05, 4.69) is 0 Å². The van der Waals surface area contributed by atoms with E-state index >= 15 is 0 Å². The van der Waals surface area contributed by atoms with E-state index < -0.39 is 69.8 Å². The summed E-state index contributed by atoms with van der Waals surface area (Å²) in [5.41, 5.74) is -3.46. The fraction of sp³-hybridized carbons (Fsp3) is 0.531. The molecule has 224 valence electrons. The third-order valence-corrected chi connectivity index (χ3v) is 9.61. The molecule has 1 aromatic heterocycles. The molecule has 3 aliphatic rings. The molecule has 0 unspecified atom stereocenters. The van der Waals surface area contributed by atoms with Gasteiger partial charge in [-0.25, -0.2) is 4.79 Å². The van der Waals surface area contributed by atoms with Gasteiger partial charge < -0.3 is 23.4 Å². The molecule has 0 amide bonds. The molecule has 1 aliphatic heterocycles. The molecule has 2 heterocycles. The number of ether oxygens (including phenoxy) is 4. The molecule has 42 heavy (non-hydrogen) atoms. The Kier molecular flexibility index (Phi) is 7.31. The van der Waals surface area contributed by atoms with Crippen molar-refractivity contribution in [3.05, 3.63) is 52.4 Å². The fourth-order valence-corrected chi connectivity index (χ4v) is 7.89. The number of Topliss-reactive ketones (excluding diaryl/α,β-unsaturated/α-hetero) is 1. The molecule has 5 rings (SSSR count). The summed E-state index contributed by atoms with van der Waals surface area (Å²) in [6.45, 7) is 9.38. The fourth-order valence-electron chi connectivity index (χ4n) is 7.89. The number of hydrogen-bond acceptors (Lipinski definition) is 10. The Morgan fingerprint density at radius 3 is 2.19 bits per heavy atom. The predicted octanol–water partition coefficient (Wildman–Crippen LogP) is 4.51. The highest BCUT2D eigenvalue weighted by molar-refractivity contribution is 6.02. The molecular weight excluding hydrogens is 544 g/mol. The number of rotatable bonds is 5. The van der Waals surface area contributed by atoms with E-state index in [9.17, 15) is 24.0 Å². The number of esters is 3. The lowest BCUT2D eigenvalue weighted by molar-refractivity contribution is -0.240. The molecule has 0 N–H and O–H groups in total. The summed E-state index contributed by atoms with van der Waals surface area (Å²) in [5.74, 6) is -3.05. The summed E-state index contributed by atoms with van der Waals surface area (Å²) in [7, 11) is 0. The number of carbonyl (C=O) groups is 4. The molecule has 2 saturated carbocycles. The SMILES string of the molecule is CC(=O)OC[C@@]1(C)[C@@H]2C[C@H](OC(C)=O)[C@@]3(C)Oc4cc(-c5ccccc5)oc(=O)c4C(=O)[C@@H]3[C@@]2(C)CC[C@@H]1OC(C)=O. The lowest BCUT2D eigenvalue weighted by Crippen LogP contribution is -2.72. The lowest BCUT2D eigenvalue weighted by atomic mass is 9.43. The van der Waals surface area contributed by atoms with Gasteiger partial charge in [0.15, 0.2) is 11.4 Å². The van der Waals surface area contributed by atoms with Gasteiger partial charge in [-0.15, -0.1) is 0 Å². The highest BCUT2D eigenvalue weighted by atomic mass is 16.6. The third kappa shape index (κ3) is 4.70. The summed E-state index contributed by atoms with van der Waals surface area (Å²) < 4.78 is 29.3. The Bertz CT molecular complexity index is 1490. The molecule has 0 spiro atoms. The van der Waals surface area contributed by atoms with Crippen LogP contribution in [0.2, 0.25) is 0 Å². The quantitative estimate of drug-likeness (QED) is 0.367. The van der Waals surface area contributed by atoms with E-state index in [1.165, 1.54) is 26.8 Å². The summed E-state index contributed by atoms with van der Waals surface area (Å²) in [4.78, 5) is 64.3. The van der Waals surface area contributed by atoms with Crippen LogP contribution in [0.3, 0.4) is 0 Å². The first-order chi connectivity index (χ1) is 19.7. The maximum absolute atomic E-state index is 14.5. The second-order valence-corrected chi connectivity index (χ2v) is 12.4. The first-order valence-electron chi connectivity index (χ1n) is 14.2. The van der Waals surface area contributed by atoms with Crippen molar-refractivity contribution in [3.8, 4) is 17.1 Å². The molecule has 0 bridgehead atoms. The maximum Gasteiger partial charge on any atom is 0.351 e. The third-order valence-electron chi connectivity index (χ3n) is 9.61. The molecule has 1 aromatic carbocycles. The Morgan fingerprint density at radius 1 is 0.929 bits per heavy atom. The van der Waals surface area contributed by atoms with E-state index in [1.54, 1.807) is 31.2 Å². The molecule has 10 heteroatoms. The van der Waals surface area contributed by atoms with Gasteiger partial charge in [0.25, 0.3) is 0 Å². The largest absolute Gasteiger partial charge is 0.482 e. The van der Waals surface area contributed by atoms with Crippen LogP contribution in [0.25, 0.3) is 11.3 Å². The minimum absolute atomic E-state index is 0.0735. The number of carbonyl (C=O) groups excluding carboxylic acids is 4. The van der Waals surface area contributed by atoms with Crippen molar-refractivity contribution in [2.24, 2.45) is 22.7 Å². The topological polar surface area (TPSA) is 135 Å². The molecule has 10 nitrogen and oxygen atoms in total. The number of ketones is 1. The second-order valence-electron chi connectivity index (χ2n) is 12.4. The molecule has 2 aromatic rings. The zero-order valence-corrected chi connectivity index (χ0v) is 24.7. The second kappa shape index (κ2) is 10.4. The molecule has 7 atom stereocenters. The van der Waals surface area contributed by atoms with Crippen molar-refractivity contribution in [1.29, 1.82) is 0 Å². The van der Waals surface area contributed by atoms with Crippen LogP contribution in [0.4, 0.5) is 0 Å².